The molecule has 4 saturated carbocycles. The summed E-state index contributed by atoms with van der Waals surface area (Å²) in [7, 11) is 0. The molecule has 168 valence electrons. The second kappa shape index (κ2) is 7.12. The molecule has 2 N–H and O–H groups in total. The molecular formula is C24H27F2N5O. The third-order valence-electron chi connectivity index (χ3n) is 7.94. The van der Waals surface area contributed by atoms with Gasteiger partial charge in [0.1, 0.15) is 17.5 Å². The molecule has 0 saturated heterocycles. The van der Waals surface area contributed by atoms with Crippen LogP contribution in [-0.2, 0) is 18.5 Å². The van der Waals surface area contributed by atoms with Crippen molar-refractivity contribution >= 4 is 17.1 Å². The number of hydrogen-bond acceptors (Lipinski definition) is 4. The molecule has 2 aromatic heterocycles. The molecule has 7 rings (SSSR count). The zero-order valence-electron chi connectivity index (χ0n) is 18.1. The van der Waals surface area contributed by atoms with Crippen LogP contribution in [0.1, 0.15) is 56.8 Å². The molecule has 0 radical (unpaired) electrons. The van der Waals surface area contributed by atoms with Crippen molar-refractivity contribution in [3.05, 3.63) is 51.6 Å². The van der Waals surface area contributed by atoms with Gasteiger partial charge < -0.3 is 10.3 Å². The Morgan fingerprint density at radius 1 is 1.19 bits per heavy atom. The summed E-state index contributed by atoms with van der Waals surface area (Å²) < 4.78 is 28.9. The van der Waals surface area contributed by atoms with E-state index in [4.69, 9.17) is 4.98 Å². The number of rotatable bonds is 6. The summed E-state index contributed by atoms with van der Waals surface area (Å²) in [6.07, 6.45) is 6.92. The van der Waals surface area contributed by atoms with E-state index in [-0.39, 0.29) is 17.5 Å². The van der Waals surface area contributed by atoms with E-state index in [2.05, 4.69) is 15.3 Å². The van der Waals surface area contributed by atoms with Crippen LogP contribution in [0.5, 0.6) is 0 Å². The molecule has 6 nitrogen and oxygen atoms in total. The summed E-state index contributed by atoms with van der Waals surface area (Å²) in [5.74, 6) is 2.41. The van der Waals surface area contributed by atoms with Gasteiger partial charge in [0.2, 0.25) is 5.95 Å². The molecule has 2 unspecified atom stereocenters. The highest BCUT2D eigenvalue weighted by atomic mass is 19.1. The molecule has 4 bridgehead atoms. The van der Waals surface area contributed by atoms with Crippen LogP contribution in [0.2, 0.25) is 0 Å². The van der Waals surface area contributed by atoms with Crippen molar-refractivity contribution in [2.75, 3.05) is 5.32 Å². The number of nitrogens with one attached hydrogen (secondary N) is 2. The van der Waals surface area contributed by atoms with Gasteiger partial charge in [-0.05, 0) is 62.3 Å². The molecular weight excluding hydrogens is 412 g/mol. The van der Waals surface area contributed by atoms with Crippen LogP contribution in [0.3, 0.4) is 0 Å². The fraction of sp³-hybridized carbons (Fsp3) is 0.542. The zero-order valence-corrected chi connectivity index (χ0v) is 18.1. The van der Waals surface area contributed by atoms with Gasteiger partial charge in [-0.3, -0.25) is 9.36 Å². The first-order valence-corrected chi connectivity index (χ1v) is 11.6. The third-order valence-corrected chi connectivity index (χ3v) is 7.94. The molecule has 4 aliphatic carbocycles. The van der Waals surface area contributed by atoms with Crippen molar-refractivity contribution in [3.63, 3.8) is 0 Å². The fourth-order valence-corrected chi connectivity index (χ4v) is 6.74. The first-order valence-electron chi connectivity index (χ1n) is 11.6. The van der Waals surface area contributed by atoms with E-state index < -0.39 is 11.6 Å². The van der Waals surface area contributed by atoms with Crippen molar-refractivity contribution in [2.24, 2.45) is 17.8 Å². The summed E-state index contributed by atoms with van der Waals surface area (Å²) in [6.45, 7) is 2.58. The quantitative estimate of drug-likeness (QED) is 0.593. The number of anilines is 1. The number of halogens is 2. The number of benzene rings is 1. The number of imidazole rings is 1. The molecule has 8 heteroatoms. The number of aromatic amines is 1. The Labute approximate surface area is 184 Å². The summed E-state index contributed by atoms with van der Waals surface area (Å²) in [5, 5.41) is 3.08. The zero-order chi connectivity index (χ0) is 22.0. The Balaban J connectivity index is 1.37. The molecule has 2 atom stereocenters. The van der Waals surface area contributed by atoms with E-state index in [1.165, 1.54) is 25.0 Å². The minimum atomic E-state index is -0.629. The molecule has 0 aliphatic heterocycles. The van der Waals surface area contributed by atoms with Gasteiger partial charge in [-0.15, -0.1) is 0 Å². The van der Waals surface area contributed by atoms with Crippen LogP contribution in [0, 0.1) is 29.4 Å². The Hall–Kier alpha value is -2.77. The topological polar surface area (TPSA) is 75.6 Å². The van der Waals surface area contributed by atoms with Crippen LogP contribution in [-0.4, -0.2) is 19.5 Å². The van der Waals surface area contributed by atoms with Crippen molar-refractivity contribution in [1.82, 2.24) is 19.5 Å². The molecule has 0 amide bonds. The Morgan fingerprint density at radius 3 is 2.66 bits per heavy atom. The molecule has 32 heavy (non-hydrogen) atoms. The highest BCUT2D eigenvalue weighted by Crippen LogP contribution is 2.64. The first-order chi connectivity index (χ1) is 15.5. The van der Waals surface area contributed by atoms with Gasteiger partial charge in [0, 0.05) is 30.1 Å². The van der Waals surface area contributed by atoms with Gasteiger partial charge in [-0.1, -0.05) is 13.0 Å². The molecule has 4 aliphatic rings. The Kier molecular flexibility index (Phi) is 4.42. The maximum Gasteiger partial charge on any atom is 0.280 e. The molecule has 1 aromatic carbocycles. The summed E-state index contributed by atoms with van der Waals surface area (Å²) >= 11 is 0. The van der Waals surface area contributed by atoms with Crippen molar-refractivity contribution in [2.45, 2.75) is 64.0 Å². The SMILES string of the molecule is CCCn1c(NCc2ccc(F)cc2F)nc2nc(C34CC5CC(C3)C(C5)C4)[nH]c2c1=O. The third kappa shape index (κ3) is 2.98. The highest BCUT2D eigenvalue weighted by Gasteiger charge is 2.57. The van der Waals surface area contributed by atoms with E-state index in [9.17, 15) is 13.6 Å². The number of aromatic nitrogens is 4. The molecule has 3 aromatic rings. The van der Waals surface area contributed by atoms with Crippen LogP contribution in [0.15, 0.2) is 23.0 Å². The van der Waals surface area contributed by atoms with E-state index in [1.54, 1.807) is 4.57 Å². The van der Waals surface area contributed by atoms with Gasteiger partial charge in [-0.2, -0.15) is 4.98 Å². The minimum absolute atomic E-state index is 0.0596. The maximum absolute atomic E-state index is 14.1. The van der Waals surface area contributed by atoms with Crippen molar-refractivity contribution in [1.29, 1.82) is 0 Å². The lowest BCUT2D eigenvalue weighted by Crippen LogP contribution is -2.32. The fourth-order valence-electron chi connectivity index (χ4n) is 6.74. The van der Waals surface area contributed by atoms with Gasteiger partial charge in [0.15, 0.2) is 11.2 Å². The van der Waals surface area contributed by atoms with Crippen LogP contribution in [0.4, 0.5) is 14.7 Å². The molecule has 0 spiro atoms. The number of hydrogen-bond donors (Lipinski definition) is 2. The Morgan fingerprint density at radius 2 is 1.97 bits per heavy atom. The van der Waals surface area contributed by atoms with E-state index >= 15 is 0 Å². The van der Waals surface area contributed by atoms with E-state index in [1.807, 2.05) is 6.92 Å². The lowest BCUT2D eigenvalue weighted by atomic mass is 9.69. The normalized spacial score (nSPS) is 28.2. The average molecular weight is 440 g/mol. The highest BCUT2D eigenvalue weighted by molar-refractivity contribution is 5.71. The van der Waals surface area contributed by atoms with Crippen LogP contribution < -0.4 is 10.9 Å². The predicted octanol–water partition coefficient (Wildman–Crippen LogP) is 4.50. The standard InChI is InChI=1S/C24H27F2N5O/c1-2-5-31-21(32)19-20(30-23(31)27-12-14-3-4-17(25)8-18(14)26)29-22(28-19)24-9-13-6-15(10-24)16(7-13)11-24/h3-4,8,13,15-16H,2,5-7,9-12H2,1H3,(H,27,30)(H,28,29). The lowest BCUT2D eigenvalue weighted by Gasteiger charge is -2.36. The van der Waals surface area contributed by atoms with Crippen LogP contribution in [0.25, 0.3) is 11.2 Å². The van der Waals surface area contributed by atoms with Gasteiger partial charge in [0.05, 0.1) is 0 Å². The van der Waals surface area contributed by atoms with Crippen molar-refractivity contribution < 1.29 is 8.78 Å². The lowest BCUT2D eigenvalue weighted by molar-refractivity contribution is 0.220. The minimum Gasteiger partial charge on any atom is -0.351 e. The molecule has 4 fully saturated rings. The maximum atomic E-state index is 14.1. The van der Waals surface area contributed by atoms with Gasteiger partial charge >= 0.3 is 0 Å². The number of H-pyrrole nitrogens is 1. The van der Waals surface area contributed by atoms with Gasteiger partial charge in [-0.25, -0.2) is 13.8 Å². The second-order valence-corrected chi connectivity index (χ2v) is 10.0. The summed E-state index contributed by atoms with van der Waals surface area (Å²) in [4.78, 5) is 26.2. The predicted molar refractivity (Wildman–Crippen MR) is 117 cm³/mol. The average Bonchev–Trinajstić information content (AvgIpc) is 3.39. The van der Waals surface area contributed by atoms with Crippen molar-refractivity contribution in [3.8, 4) is 0 Å². The molecule has 2 heterocycles. The van der Waals surface area contributed by atoms with Gasteiger partial charge in [0.25, 0.3) is 5.56 Å². The summed E-state index contributed by atoms with van der Waals surface area (Å²) in [6, 6.07) is 3.48. The van der Waals surface area contributed by atoms with E-state index in [0.717, 1.165) is 55.3 Å². The largest absolute Gasteiger partial charge is 0.351 e. The second-order valence-electron chi connectivity index (χ2n) is 10.0. The summed E-state index contributed by atoms with van der Waals surface area (Å²) in [5.41, 5.74) is 1.07. The first kappa shape index (κ1) is 19.9. The number of fused-ring (bicyclic) bond motifs is 1. The number of nitrogens with zero attached hydrogens (tertiary/aromatic N) is 3. The smallest absolute Gasteiger partial charge is 0.280 e. The van der Waals surface area contributed by atoms with Crippen LogP contribution >= 0.6 is 0 Å². The van der Waals surface area contributed by atoms with E-state index in [0.29, 0.717) is 29.2 Å². The Bertz CT molecular complexity index is 1250. The monoisotopic (exact) mass is 439 g/mol.